The van der Waals surface area contributed by atoms with Crippen LogP contribution in [0.2, 0.25) is 5.02 Å². The molecule has 0 aliphatic carbocycles. The van der Waals surface area contributed by atoms with Crippen molar-refractivity contribution in [1.29, 1.82) is 0 Å². The molecular formula is C11H15ClO2. The first kappa shape index (κ1) is 11.3. The van der Waals surface area contributed by atoms with Crippen molar-refractivity contribution in [2.75, 3.05) is 7.11 Å². The lowest BCUT2D eigenvalue weighted by molar-refractivity contribution is 0.126. The van der Waals surface area contributed by atoms with Crippen LogP contribution in [0.4, 0.5) is 0 Å². The fourth-order valence-electron chi connectivity index (χ4n) is 1.27. The molecule has 78 valence electrons. The van der Waals surface area contributed by atoms with Gasteiger partial charge in [-0.05, 0) is 12.0 Å². The maximum absolute atomic E-state index is 9.86. The highest BCUT2D eigenvalue weighted by Gasteiger charge is 2.17. The first-order valence-electron chi connectivity index (χ1n) is 4.58. The van der Waals surface area contributed by atoms with Crippen LogP contribution in [-0.4, -0.2) is 12.2 Å². The molecule has 14 heavy (non-hydrogen) atoms. The number of halogens is 1. The average molecular weight is 215 g/mol. The summed E-state index contributed by atoms with van der Waals surface area (Å²) in [6.07, 6.45) is -0.544. The van der Waals surface area contributed by atoms with Crippen molar-refractivity contribution in [2.24, 2.45) is 5.92 Å². The van der Waals surface area contributed by atoms with Crippen LogP contribution in [0.1, 0.15) is 25.5 Å². The van der Waals surface area contributed by atoms with Crippen LogP contribution in [0.3, 0.4) is 0 Å². The van der Waals surface area contributed by atoms with Gasteiger partial charge in [-0.3, -0.25) is 0 Å². The molecule has 0 aliphatic heterocycles. The van der Waals surface area contributed by atoms with E-state index in [4.69, 9.17) is 16.3 Å². The molecular weight excluding hydrogens is 200 g/mol. The monoisotopic (exact) mass is 214 g/mol. The summed E-state index contributed by atoms with van der Waals surface area (Å²) in [5, 5.41) is 10.4. The zero-order chi connectivity index (χ0) is 10.7. The second-order valence-electron chi connectivity index (χ2n) is 3.55. The molecule has 2 nitrogen and oxygen atoms in total. The molecule has 1 unspecified atom stereocenters. The van der Waals surface area contributed by atoms with E-state index in [2.05, 4.69) is 0 Å². The molecule has 0 saturated carbocycles. The maximum atomic E-state index is 9.86. The van der Waals surface area contributed by atoms with Crippen molar-refractivity contribution < 1.29 is 9.84 Å². The average Bonchev–Trinajstić information content (AvgIpc) is 2.17. The molecule has 1 aromatic rings. The molecule has 1 N–H and O–H groups in total. The standard InChI is InChI=1S/C11H15ClO2/c1-7(2)11(13)8-5-4-6-9(14-3)10(8)12/h4-7,11,13H,1-3H3. The van der Waals surface area contributed by atoms with Crippen LogP contribution < -0.4 is 4.74 Å². The summed E-state index contributed by atoms with van der Waals surface area (Å²) < 4.78 is 5.07. The fraction of sp³-hybridized carbons (Fsp3) is 0.455. The van der Waals surface area contributed by atoms with Gasteiger partial charge in [-0.25, -0.2) is 0 Å². The summed E-state index contributed by atoms with van der Waals surface area (Å²) in [6.45, 7) is 3.89. The van der Waals surface area contributed by atoms with Crippen molar-refractivity contribution in [3.05, 3.63) is 28.8 Å². The summed E-state index contributed by atoms with van der Waals surface area (Å²) in [4.78, 5) is 0. The Bertz CT molecular complexity index is 310. The molecule has 1 atom stereocenters. The minimum Gasteiger partial charge on any atom is -0.495 e. The molecule has 0 spiro atoms. The van der Waals surface area contributed by atoms with Gasteiger partial charge in [0, 0.05) is 5.56 Å². The second kappa shape index (κ2) is 4.67. The molecule has 0 amide bonds. The maximum Gasteiger partial charge on any atom is 0.137 e. The van der Waals surface area contributed by atoms with Crippen molar-refractivity contribution in [3.8, 4) is 5.75 Å². The number of ether oxygens (including phenoxy) is 1. The van der Waals surface area contributed by atoms with E-state index in [1.165, 1.54) is 0 Å². The Morgan fingerprint density at radius 1 is 1.36 bits per heavy atom. The lowest BCUT2D eigenvalue weighted by Crippen LogP contribution is -2.06. The third-order valence-corrected chi connectivity index (χ3v) is 2.57. The number of hydrogen-bond donors (Lipinski definition) is 1. The largest absolute Gasteiger partial charge is 0.495 e. The summed E-state index contributed by atoms with van der Waals surface area (Å²) in [6, 6.07) is 5.42. The Morgan fingerprint density at radius 2 is 2.00 bits per heavy atom. The number of benzene rings is 1. The van der Waals surface area contributed by atoms with Gasteiger partial charge in [-0.15, -0.1) is 0 Å². The van der Waals surface area contributed by atoms with Crippen LogP contribution in [0.25, 0.3) is 0 Å². The number of rotatable bonds is 3. The Morgan fingerprint density at radius 3 is 2.50 bits per heavy atom. The molecule has 0 saturated heterocycles. The van der Waals surface area contributed by atoms with Gasteiger partial charge in [0.15, 0.2) is 0 Å². The molecule has 0 bridgehead atoms. The minimum atomic E-state index is -0.544. The number of methoxy groups -OCH3 is 1. The van der Waals surface area contributed by atoms with Gasteiger partial charge in [0.1, 0.15) is 5.75 Å². The highest BCUT2D eigenvalue weighted by atomic mass is 35.5. The summed E-state index contributed by atoms with van der Waals surface area (Å²) >= 11 is 6.06. The van der Waals surface area contributed by atoms with Gasteiger partial charge in [0.05, 0.1) is 18.2 Å². The lowest BCUT2D eigenvalue weighted by atomic mass is 9.99. The molecule has 1 rings (SSSR count). The van der Waals surface area contributed by atoms with Gasteiger partial charge in [-0.2, -0.15) is 0 Å². The van der Waals surface area contributed by atoms with E-state index in [0.717, 1.165) is 5.56 Å². The topological polar surface area (TPSA) is 29.5 Å². The molecule has 3 heteroatoms. The second-order valence-corrected chi connectivity index (χ2v) is 3.93. The molecule has 1 aromatic carbocycles. The van der Waals surface area contributed by atoms with Gasteiger partial charge in [0.2, 0.25) is 0 Å². The van der Waals surface area contributed by atoms with E-state index in [9.17, 15) is 5.11 Å². The number of aliphatic hydroxyl groups is 1. The van der Waals surface area contributed by atoms with Crippen LogP contribution in [0.5, 0.6) is 5.75 Å². The Kier molecular flexibility index (Phi) is 3.78. The van der Waals surface area contributed by atoms with E-state index in [1.54, 1.807) is 13.2 Å². The lowest BCUT2D eigenvalue weighted by Gasteiger charge is -2.17. The molecule has 0 heterocycles. The summed E-state index contributed by atoms with van der Waals surface area (Å²) in [7, 11) is 1.56. The first-order chi connectivity index (χ1) is 6.57. The minimum absolute atomic E-state index is 0.139. The van der Waals surface area contributed by atoms with E-state index < -0.39 is 6.10 Å². The first-order valence-corrected chi connectivity index (χ1v) is 4.96. The highest BCUT2D eigenvalue weighted by molar-refractivity contribution is 6.32. The SMILES string of the molecule is COc1cccc(C(O)C(C)C)c1Cl. The van der Waals surface area contributed by atoms with Crippen LogP contribution in [0.15, 0.2) is 18.2 Å². The van der Waals surface area contributed by atoms with E-state index in [-0.39, 0.29) is 5.92 Å². The summed E-state index contributed by atoms with van der Waals surface area (Å²) in [5.74, 6) is 0.739. The molecule has 0 aliphatic rings. The van der Waals surface area contributed by atoms with E-state index in [0.29, 0.717) is 10.8 Å². The van der Waals surface area contributed by atoms with E-state index >= 15 is 0 Å². The quantitative estimate of drug-likeness (QED) is 0.838. The van der Waals surface area contributed by atoms with Crippen LogP contribution >= 0.6 is 11.6 Å². The van der Waals surface area contributed by atoms with Crippen molar-refractivity contribution >= 4 is 11.6 Å². The molecule has 0 fully saturated rings. The third kappa shape index (κ3) is 2.20. The zero-order valence-corrected chi connectivity index (χ0v) is 9.38. The van der Waals surface area contributed by atoms with Gasteiger partial charge in [0.25, 0.3) is 0 Å². The number of hydrogen-bond acceptors (Lipinski definition) is 2. The van der Waals surface area contributed by atoms with Crippen LogP contribution in [0, 0.1) is 5.92 Å². The van der Waals surface area contributed by atoms with Crippen molar-refractivity contribution in [2.45, 2.75) is 20.0 Å². The Labute approximate surface area is 89.5 Å². The normalized spacial score (nSPS) is 13.0. The van der Waals surface area contributed by atoms with Crippen molar-refractivity contribution in [3.63, 3.8) is 0 Å². The fourth-order valence-corrected chi connectivity index (χ4v) is 1.59. The van der Waals surface area contributed by atoms with E-state index in [1.807, 2.05) is 26.0 Å². The third-order valence-electron chi connectivity index (χ3n) is 2.16. The Hall–Kier alpha value is -0.730. The zero-order valence-electron chi connectivity index (χ0n) is 8.62. The predicted octanol–water partition coefficient (Wildman–Crippen LogP) is 3.04. The van der Waals surface area contributed by atoms with Gasteiger partial charge in [-0.1, -0.05) is 37.6 Å². The smallest absolute Gasteiger partial charge is 0.137 e. The highest BCUT2D eigenvalue weighted by Crippen LogP contribution is 2.34. The van der Waals surface area contributed by atoms with Crippen molar-refractivity contribution in [1.82, 2.24) is 0 Å². The van der Waals surface area contributed by atoms with Gasteiger partial charge < -0.3 is 9.84 Å². The summed E-state index contributed by atoms with van der Waals surface area (Å²) in [5.41, 5.74) is 0.723. The van der Waals surface area contributed by atoms with Crippen LogP contribution in [-0.2, 0) is 0 Å². The van der Waals surface area contributed by atoms with Gasteiger partial charge >= 0.3 is 0 Å². The number of aliphatic hydroxyl groups excluding tert-OH is 1. The molecule has 0 radical (unpaired) electrons. The predicted molar refractivity (Wildman–Crippen MR) is 57.8 cm³/mol. The molecule has 0 aromatic heterocycles. The Balaban J connectivity index is 3.09.